The number of nitro groups is 1. The van der Waals surface area contributed by atoms with Gasteiger partial charge in [0.25, 0.3) is 0 Å². The number of rotatable bonds is 7. The lowest BCUT2D eigenvalue weighted by atomic mass is 9.94. The first-order chi connectivity index (χ1) is 8.06. The third kappa shape index (κ3) is 3.49. The van der Waals surface area contributed by atoms with Gasteiger partial charge in [-0.1, -0.05) is 25.2 Å². The molecule has 0 spiro atoms. The molecule has 0 aliphatic heterocycles. The van der Waals surface area contributed by atoms with E-state index < -0.39 is 0 Å². The smallest absolute Gasteiger partial charge is 0.324 e. The lowest BCUT2D eigenvalue weighted by molar-refractivity contribution is -0.380. The van der Waals surface area contributed by atoms with E-state index in [0.29, 0.717) is 6.54 Å². The van der Waals surface area contributed by atoms with Gasteiger partial charge in [0.1, 0.15) is 0 Å². The molecule has 0 saturated carbocycles. The third-order valence-corrected chi connectivity index (χ3v) is 4.07. The molecule has 5 nitrogen and oxygen atoms in total. The first kappa shape index (κ1) is 14.1. The van der Waals surface area contributed by atoms with Crippen molar-refractivity contribution < 1.29 is 10.0 Å². The van der Waals surface area contributed by atoms with Gasteiger partial charge in [-0.2, -0.15) is 0 Å². The largest absolute Gasteiger partial charge is 0.394 e. The summed E-state index contributed by atoms with van der Waals surface area (Å²) in [5, 5.41) is 25.1. The molecule has 1 heterocycles. The molecule has 0 bridgehead atoms. The van der Waals surface area contributed by atoms with Gasteiger partial charge >= 0.3 is 5.00 Å². The number of nitrogens with zero attached hydrogens (tertiary/aromatic N) is 1. The molecule has 0 amide bonds. The first-order valence-electron chi connectivity index (χ1n) is 5.64. The molecule has 0 atom stereocenters. The Morgan fingerprint density at radius 3 is 2.59 bits per heavy atom. The Balaban J connectivity index is 2.62. The summed E-state index contributed by atoms with van der Waals surface area (Å²) >= 11 is 1.13. The van der Waals surface area contributed by atoms with E-state index in [4.69, 9.17) is 0 Å². The molecule has 0 unspecified atom stereocenters. The molecule has 0 aliphatic carbocycles. The van der Waals surface area contributed by atoms with E-state index in [2.05, 4.69) is 5.32 Å². The van der Waals surface area contributed by atoms with Gasteiger partial charge in [0.05, 0.1) is 11.5 Å². The Labute approximate surface area is 105 Å². The average Bonchev–Trinajstić information content (AvgIpc) is 2.81. The fraction of sp³-hybridized carbons (Fsp3) is 0.636. The van der Waals surface area contributed by atoms with Crippen LogP contribution in [0.4, 0.5) is 5.00 Å². The monoisotopic (exact) mass is 258 g/mol. The van der Waals surface area contributed by atoms with Gasteiger partial charge in [-0.15, -0.1) is 0 Å². The van der Waals surface area contributed by atoms with E-state index in [1.807, 2.05) is 13.8 Å². The topological polar surface area (TPSA) is 75.4 Å². The van der Waals surface area contributed by atoms with Crippen molar-refractivity contribution in [1.29, 1.82) is 0 Å². The van der Waals surface area contributed by atoms with Crippen molar-refractivity contribution in [2.24, 2.45) is 0 Å². The Morgan fingerprint density at radius 2 is 2.18 bits per heavy atom. The molecule has 0 fully saturated rings. The van der Waals surface area contributed by atoms with Crippen molar-refractivity contribution in [3.05, 3.63) is 27.1 Å². The number of hydrogen-bond donors (Lipinski definition) is 2. The normalized spacial score (nSPS) is 11.7. The van der Waals surface area contributed by atoms with Gasteiger partial charge in [0.2, 0.25) is 0 Å². The predicted octanol–water partition coefficient (Wildman–Crippen LogP) is 2.30. The SMILES string of the molecule is CCC(CC)(CO)NCc1csc([N+](=O)[O-])c1. The molecule has 1 rings (SSSR count). The number of nitrogens with one attached hydrogen (secondary N) is 1. The van der Waals surface area contributed by atoms with Crippen LogP contribution in [0.3, 0.4) is 0 Å². The van der Waals surface area contributed by atoms with Gasteiger partial charge in [0.15, 0.2) is 0 Å². The maximum absolute atomic E-state index is 10.5. The van der Waals surface area contributed by atoms with Gasteiger partial charge in [-0.25, -0.2) is 0 Å². The van der Waals surface area contributed by atoms with Crippen molar-refractivity contribution in [3.8, 4) is 0 Å². The minimum atomic E-state index is -0.382. The van der Waals surface area contributed by atoms with Crippen LogP contribution in [0.2, 0.25) is 0 Å². The van der Waals surface area contributed by atoms with Crippen LogP contribution in [-0.2, 0) is 6.54 Å². The highest BCUT2D eigenvalue weighted by molar-refractivity contribution is 7.13. The standard InChI is InChI=1S/C11H18N2O3S/c1-3-11(4-2,8-14)12-6-9-5-10(13(15)16)17-7-9/h5,7,12,14H,3-4,6,8H2,1-2H3. The number of aliphatic hydroxyl groups is 1. The van der Waals surface area contributed by atoms with Crippen LogP contribution in [-0.4, -0.2) is 22.2 Å². The van der Waals surface area contributed by atoms with Crippen molar-refractivity contribution in [1.82, 2.24) is 5.32 Å². The number of thiophene rings is 1. The summed E-state index contributed by atoms with van der Waals surface area (Å²) in [5.41, 5.74) is 0.609. The van der Waals surface area contributed by atoms with Crippen LogP contribution in [0.25, 0.3) is 0 Å². The maximum atomic E-state index is 10.5. The molecule has 96 valence electrons. The molecule has 0 saturated heterocycles. The minimum Gasteiger partial charge on any atom is -0.394 e. The third-order valence-electron chi connectivity index (χ3n) is 3.14. The fourth-order valence-electron chi connectivity index (χ4n) is 1.62. The van der Waals surface area contributed by atoms with E-state index >= 15 is 0 Å². The molecule has 1 aromatic heterocycles. The molecular weight excluding hydrogens is 240 g/mol. The summed E-state index contributed by atoms with van der Waals surface area (Å²) < 4.78 is 0. The van der Waals surface area contributed by atoms with Gasteiger partial charge in [-0.3, -0.25) is 10.1 Å². The van der Waals surface area contributed by atoms with Crippen molar-refractivity contribution in [2.75, 3.05) is 6.61 Å². The van der Waals surface area contributed by atoms with Crippen LogP contribution in [0.15, 0.2) is 11.4 Å². The average molecular weight is 258 g/mol. The Bertz CT molecular complexity index is 366. The number of aliphatic hydroxyl groups excluding tert-OH is 1. The Hall–Kier alpha value is -0.980. The van der Waals surface area contributed by atoms with Crippen molar-refractivity contribution in [2.45, 2.75) is 38.8 Å². The van der Waals surface area contributed by atoms with Gasteiger partial charge in [0, 0.05) is 23.5 Å². The molecule has 1 aromatic rings. The van der Waals surface area contributed by atoms with E-state index in [1.54, 1.807) is 11.4 Å². The summed E-state index contributed by atoms with van der Waals surface area (Å²) in [6.45, 7) is 4.66. The highest BCUT2D eigenvalue weighted by atomic mass is 32.1. The molecular formula is C11H18N2O3S. The van der Waals surface area contributed by atoms with Gasteiger partial charge < -0.3 is 10.4 Å². The zero-order chi connectivity index (χ0) is 12.9. The Kier molecular flexibility index (Phi) is 5.04. The second-order valence-electron chi connectivity index (χ2n) is 4.05. The van der Waals surface area contributed by atoms with E-state index in [0.717, 1.165) is 29.7 Å². The zero-order valence-electron chi connectivity index (χ0n) is 10.1. The highest BCUT2D eigenvalue weighted by Gasteiger charge is 2.24. The zero-order valence-corrected chi connectivity index (χ0v) is 10.9. The molecule has 0 aliphatic rings. The molecule has 2 N–H and O–H groups in total. The summed E-state index contributed by atoms with van der Waals surface area (Å²) in [6, 6.07) is 1.57. The van der Waals surface area contributed by atoms with E-state index in [9.17, 15) is 15.2 Å². The van der Waals surface area contributed by atoms with Crippen molar-refractivity contribution >= 4 is 16.3 Å². The van der Waals surface area contributed by atoms with Crippen LogP contribution < -0.4 is 5.32 Å². The summed E-state index contributed by atoms with van der Waals surface area (Å²) in [5.74, 6) is 0. The summed E-state index contributed by atoms with van der Waals surface area (Å²) in [6.07, 6.45) is 1.65. The van der Waals surface area contributed by atoms with Crippen LogP contribution in [0.5, 0.6) is 0 Å². The van der Waals surface area contributed by atoms with E-state index in [-0.39, 0.29) is 22.1 Å². The lowest BCUT2D eigenvalue weighted by Crippen LogP contribution is -2.46. The fourth-order valence-corrected chi connectivity index (χ4v) is 2.35. The quantitative estimate of drug-likeness (QED) is 0.581. The molecule has 0 aromatic carbocycles. The first-order valence-corrected chi connectivity index (χ1v) is 6.52. The summed E-state index contributed by atoms with van der Waals surface area (Å²) in [7, 11) is 0. The van der Waals surface area contributed by atoms with Crippen molar-refractivity contribution in [3.63, 3.8) is 0 Å². The number of hydrogen-bond acceptors (Lipinski definition) is 5. The predicted molar refractivity (Wildman–Crippen MR) is 68.2 cm³/mol. The van der Waals surface area contributed by atoms with Crippen LogP contribution >= 0.6 is 11.3 Å². The lowest BCUT2D eigenvalue weighted by Gasteiger charge is -2.30. The van der Waals surface area contributed by atoms with Gasteiger partial charge in [-0.05, 0) is 18.4 Å². The second-order valence-corrected chi connectivity index (χ2v) is 4.94. The van der Waals surface area contributed by atoms with Crippen LogP contribution in [0, 0.1) is 10.1 Å². The molecule has 6 heteroatoms. The molecule has 0 radical (unpaired) electrons. The van der Waals surface area contributed by atoms with E-state index in [1.165, 1.54) is 0 Å². The summed E-state index contributed by atoms with van der Waals surface area (Å²) in [4.78, 5) is 10.2. The highest BCUT2D eigenvalue weighted by Crippen LogP contribution is 2.23. The minimum absolute atomic E-state index is 0.0756. The molecule has 17 heavy (non-hydrogen) atoms. The Morgan fingerprint density at radius 1 is 1.53 bits per heavy atom. The maximum Gasteiger partial charge on any atom is 0.324 e. The second kappa shape index (κ2) is 6.09. The van der Waals surface area contributed by atoms with Crippen LogP contribution in [0.1, 0.15) is 32.3 Å².